The molecular formula is C23H25N3O2. The van der Waals surface area contributed by atoms with Gasteiger partial charge >= 0.3 is 0 Å². The van der Waals surface area contributed by atoms with Gasteiger partial charge in [0.1, 0.15) is 5.75 Å². The lowest BCUT2D eigenvalue weighted by atomic mass is 10.1. The quantitative estimate of drug-likeness (QED) is 0.741. The number of amides is 1. The third-order valence-electron chi connectivity index (χ3n) is 5.32. The summed E-state index contributed by atoms with van der Waals surface area (Å²) < 4.78 is 5.26. The number of hydrogen-bond acceptors (Lipinski definition) is 4. The molecule has 0 unspecified atom stereocenters. The monoisotopic (exact) mass is 375 g/mol. The third kappa shape index (κ3) is 3.99. The number of fused-ring (bicyclic) bond motifs is 1. The van der Waals surface area contributed by atoms with Gasteiger partial charge in [0.15, 0.2) is 0 Å². The first kappa shape index (κ1) is 18.4. The maximum atomic E-state index is 12.9. The number of rotatable bonds is 5. The molecule has 1 saturated heterocycles. The smallest absolute Gasteiger partial charge is 0.253 e. The van der Waals surface area contributed by atoms with Crippen LogP contribution in [0.4, 0.5) is 0 Å². The molecule has 0 radical (unpaired) electrons. The first-order valence-corrected chi connectivity index (χ1v) is 9.65. The number of ether oxygens (including phenoxy) is 1. The molecule has 2 heterocycles. The van der Waals surface area contributed by atoms with Crippen LogP contribution in [0.2, 0.25) is 0 Å². The average Bonchev–Trinajstić information content (AvgIpc) is 3.14. The predicted molar refractivity (Wildman–Crippen MR) is 111 cm³/mol. The summed E-state index contributed by atoms with van der Waals surface area (Å²) in [4.78, 5) is 19.8. The van der Waals surface area contributed by atoms with Crippen molar-refractivity contribution in [1.82, 2.24) is 15.2 Å². The van der Waals surface area contributed by atoms with E-state index in [2.05, 4.69) is 39.5 Å². The van der Waals surface area contributed by atoms with E-state index >= 15 is 0 Å². The van der Waals surface area contributed by atoms with E-state index in [1.54, 1.807) is 7.11 Å². The molecular weight excluding hydrogens is 350 g/mol. The van der Waals surface area contributed by atoms with Crippen molar-refractivity contribution in [1.29, 1.82) is 0 Å². The largest absolute Gasteiger partial charge is 0.497 e. The Bertz CT molecular complexity index is 988. The van der Waals surface area contributed by atoms with Gasteiger partial charge in [0.05, 0.1) is 23.9 Å². The molecule has 1 N–H and O–H groups in total. The molecule has 4 rings (SSSR count). The summed E-state index contributed by atoms with van der Waals surface area (Å²) >= 11 is 0. The van der Waals surface area contributed by atoms with E-state index in [9.17, 15) is 4.79 Å². The van der Waals surface area contributed by atoms with Crippen LogP contribution < -0.4 is 10.1 Å². The molecule has 0 aliphatic carbocycles. The Morgan fingerprint density at radius 1 is 1.21 bits per heavy atom. The second kappa shape index (κ2) is 7.98. The third-order valence-corrected chi connectivity index (χ3v) is 5.32. The predicted octanol–water partition coefficient (Wildman–Crippen LogP) is 3.56. The molecule has 0 spiro atoms. The SMILES string of the molecule is COc1ccc2cc(C(=O)N[C@H]3CCN(Cc4ccccc4)C3)c(C)nc2c1. The van der Waals surface area contributed by atoms with Crippen LogP contribution in [-0.2, 0) is 6.54 Å². The Balaban J connectivity index is 1.43. The Morgan fingerprint density at radius 2 is 2.04 bits per heavy atom. The second-order valence-electron chi connectivity index (χ2n) is 7.36. The lowest BCUT2D eigenvalue weighted by molar-refractivity contribution is 0.0937. The summed E-state index contributed by atoms with van der Waals surface area (Å²) in [5.74, 6) is 0.718. The minimum atomic E-state index is -0.0470. The number of nitrogens with zero attached hydrogens (tertiary/aromatic N) is 2. The van der Waals surface area contributed by atoms with Crippen molar-refractivity contribution in [2.24, 2.45) is 0 Å². The van der Waals surface area contributed by atoms with Crippen LogP contribution in [0.1, 0.15) is 28.0 Å². The minimum Gasteiger partial charge on any atom is -0.497 e. The Labute approximate surface area is 165 Å². The summed E-state index contributed by atoms with van der Waals surface area (Å²) in [7, 11) is 1.64. The van der Waals surface area contributed by atoms with Gasteiger partial charge in [-0.25, -0.2) is 0 Å². The fourth-order valence-electron chi connectivity index (χ4n) is 3.80. The molecule has 5 nitrogen and oxygen atoms in total. The molecule has 5 heteroatoms. The standard InChI is InChI=1S/C23H25N3O2/c1-16-21(12-18-8-9-20(28-2)13-22(18)24-16)23(27)25-19-10-11-26(15-19)14-17-6-4-3-5-7-17/h3-9,12-13,19H,10-11,14-15H2,1-2H3,(H,25,27)/t19-/m0/s1. The molecule has 1 amide bonds. The molecule has 1 aliphatic rings. The summed E-state index contributed by atoms with van der Waals surface area (Å²) in [5.41, 5.74) is 3.51. The Hall–Kier alpha value is -2.92. The van der Waals surface area contributed by atoms with Crippen molar-refractivity contribution >= 4 is 16.8 Å². The van der Waals surface area contributed by atoms with Gasteiger partial charge < -0.3 is 10.1 Å². The number of hydrogen-bond donors (Lipinski definition) is 1. The molecule has 3 aromatic rings. The first-order valence-electron chi connectivity index (χ1n) is 9.65. The van der Waals surface area contributed by atoms with Gasteiger partial charge in [-0.1, -0.05) is 30.3 Å². The van der Waals surface area contributed by atoms with E-state index in [1.165, 1.54) is 5.56 Å². The maximum absolute atomic E-state index is 12.9. The molecule has 1 fully saturated rings. The van der Waals surface area contributed by atoms with Crippen LogP contribution in [0.5, 0.6) is 5.75 Å². The van der Waals surface area contributed by atoms with Crippen LogP contribution in [0.3, 0.4) is 0 Å². The highest BCUT2D eigenvalue weighted by atomic mass is 16.5. The number of aromatic nitrogens is 1. The van der Waals surface area contributed by atoms with E-state index in [-0.39, 0.29) is 11.9 Å². The zero-order chi connectivity index (χ0) is 19.5. The van der Waals surface area contributed by atoms with Crippen LogP contribution in [0, 0.1) is 6.92 Å². The molecule has 0 bridgehead atoms. The number of aryl methyl sites for hydroxylation is 1. The van der Waals surface area contributed by atoms with E-state index in [1.807, 2.05) is 37.3 Å². The van der Waals surface area contributed by atoms with Crippen LogP contribution in [0.25, 0.3) is 10.9 Å². The Morgan fingerprint density at radius 3 is 2.82 bits per heavy atom. The maximum Gasteiger partial charge on any atom is 0.253 e. The van der Waals surface area contributed by atoms with Gasteiger partial charge in [-0.15, -0.1) is 0 Å². The van der Waals surface area contributed by atoms with Gasteiger partial charge in [0.2, 0.25) is 0 Å². The molecule has 2 aromatic carbocycles. The molecule has 1 aliphatic heterocycles. The van der Waals surface area contributed by atoms with Crippen LogP contribution in [0.15, 0.2) is 54.6 Å². The van der Waals surface area contributed by atoms with Crippen LogP contribution in [-0.4, -0.2) is 42.0 Å². The molecule has 0 saturated carbocycles. The fourth-order valence-corrected chi connectivity index (χ4v) is 3.80. The molecule has 28 heavy (non-hydrogen) atoms. The van der Waals surface area contributed by atoms with Crippen molar-refractivity contribution in [2.45, 2.75) is 25.9 Å². The zero-order valence-electron chi connectivity index (χ0n) is 16.3. The molecule has 1 atom stereocenters. The molecule has 1 aromatic heterocycles. The fraction of sp³-hybridized carbons (Fsp3) is 0.304. The highest BCUT2D eigenvalue weighted by Gasteiger charge is 2.25. The zero-order valence-corrected chi connectivity index (χ0v) is 16.3. The van der Waals surface area contributed by atoms with E-state index < -0.39 is 0 Å². The number of pyridine rings is 1. The number of methoxy groups -OCH3 is 1. The second-order valence-corrected chi connectivity index (χ2v) is 7.36. The number of likely N-dealkylation sites (tertiary alicyclic amines) is 1. The average molecular weight is 375 g/mol. The first-order chi connectivity index (χ1) is 13.6. The number of nitrogens with one attached hydrogen (secondary N) is 1. The van der Waals surface area contributed by atoms with Crippen molar-refractivity contribution in [3.05, 3.63) is 71.4 Å². The minimum absolute atomic E-state index is 0.0470. The van der Waals surface area contributed by atoms with Crippen molar-refractivity contribution < 1.29 is 9.53 Å². The highest BCUT2D eigenvalue weighted by Crippen LogP contribution is 2.22. The number of carbonyl (C=O) groups is 1. The van der Waals surface area contributed by atoms with Crippen LogP contribution >= 0.6 is 0 Å². The summed E-state index contributed by atoms with van der Waals surface area (Å²) in [5, 5.41) is 4.13. The molecule has 144 valence electrons. The number of carbonyl (C=O) groups excluding carboxylic acids is 1. The van der Waals surface area contributed by atoms with Crippen molar-refractivity contribution in [3.8, 4) is 5.75 Å². The lowest BCUT2D eigenvalue weighted by Gasteiger charge is -2.17. The Kier molecular flexibility index (Phi) is 5.26. The topological polar surface area (TPSA) is 54.5 Å². The summed E-state index contributed by atoms with van der Waals surface area (Å²) in [6.07, 6.45) is 0.968. The van der Waals surface area contributed by atoms with Gasteiger partial charge in [-0.3, -0.25) is 14.7 Å². The number of benzene rings is 2. The normalized spacial score (nSPS) is 17.0. The van der Waals surface area contributed by atoms with Crippen molar-refractivity contribution in [3.63, 3.8) is 0 Å². The summed E-state index contributed by atoms with van der Waals surface area (Å²) in [6, 6.07) is 18.3. The van der Waals surface area contributed by atoms with Gasteiger partial charge in [0.25, 0.3) is 5.91 Å². The summed E-state index contributed by atoms with van der Waals surface area (Å²) in [6.45, 7) is 4.67. The highest BCUT2D eigenvalue weighted by molar-refractivity contribution is 5.99. The van der Waals surface area contributed by atoms with Gasteiger partial charge in [0, 0.05) is 37.1 Å². The van der Waals surface area contributed by atoms with E-state index in [4.69, 9.17) is 4.74 Å². The van der Waals surface area contributed by atoms with E-state index in [0.29, 0.717) is 5.56 Å². The lowest BCUT2D eigenvalue weighted by Crippen LogP contribution is -2.37. The van der Waals surface area contributed by atoms with Crippen molar-refractivity contribution in [2.75, 3.05) is 20.2 Å². The van der Waals surface area contributed by atoms with Gasteiger partial charge in [-0.05, 0) is 37.1 Å². The van der Waals surface area contributed by atoms with Gasteiger partial charge in [-0.2, -0.15) is 0 Å². The van der Waals surface area contributed by atoms with E-state index in [0.717, 1.165) is 48.4 Å².